The molecule has 15 heavy (non-hydrogen) atoms. The van der Waals surface area contributed by atoms with Gasteiger partial charge < -0.3 is 9.47 Å². The van der Waals surface area contributed by atoms with Crippen molar-refractivity contribution in [2.45, 2.75) is 45.3 Å². The maximum atomic E-state index is 10.0. The summed E-state index contributed by atoms with van der Waals surface area (Å²) in [5.41, 5.74) is 0. The molecule has 86 valence electrons. The molecule has 3 heteroatoms. The molecule has 0 heterocycles. The Labute approximate surface area is 91.1 Å². The van der Waals surface area contributed by atoms with Crippen LogP contribution in [0, 0.1) is 17.8 Å². The van der Waals surface area contributed by atoms with Crippen molar-refractivity contribution in [3.63, 3.8) is 0 Å². The van der Waals surface area contributed by atoms with Gasteiger partial charge in [-0.05, 0) is 50.4 Å². The molecule has 0 aromatic carbocycles. The van der Waals surface area contributed by atoms with Crippen LogP contribution in [0.3, 0.4) is 0 Å². The normalized spacial score (nSPS) is 35.4. The zero-order valence-electron chi connectivity index (χ0n) is 9.35. The van der Waals surface area contributed by atoms with E-state index >= 15 is 0 Å². The molecule has 0 saturated heterocycles. The van der Waals surface area contributed by atoms with Gasteiger partial charge in [-0.1, -0.05) is 6.42 Å². The Morgan fingerprint density at radius 3 is 2.87 bits per heavy atom. The largest absolute Gasteiger partial charge is 0.438 e. The summed E-state index contributed by atoms with van der Waals surface area (Å²) in [4.78, 5) is 10.0. The van der Waals surface area contributed by atoms with Gasteiger partial charge in [-0.3, -0.25) is 4.79 Å². The van der Waals surface area contributed by atoms with Crippen LogP contribution in [-0.4, -0.2) is 19.4 Å². The minimum absolute atomic E-state index is 0.388. The zero-order valence-corrected chi connectivity index (χ0v) is 9.35. The molecule has 4 unspecified atom stereocenters. The predicted molar refractivity (Wildman–Crippen MR) is 56.1 cm³/mol. The summed E-state index contributed by atoms with van der Waals surface area (Å²) >= 11 is 0. The van der Waals surface area contributed by atoms with Gasteiger partial charge in [0.15, 0.2) is 6.29 Å². The Morgan fingerprint density at radius 2 is 2.27 bits per heavy atom. The molecular formula is C12H20O3. The first-order valence-corrected chi connectivity index (χ1v) is 6.00. The summed E-state index contributed by atoms with van der Waals surface area (Å²) < 4.78 is 10.1. The number of hydrogen-bond acceptors (Lipinski definition) is 3. The van der Waals surface area contributed by atoms with Crippen molar-refractivity contribution in [1.82, 2.24) is 0 Å². The molecule has 2 aliphatic rings. The quantitative estimate of drug-likeness (QED) is 0.501. The zero-order chi connectivity index (χ0) is 10.7. The summed E-state index contributed by atoms with van der Waals surface area (Å²) in [6, 6.07) is 0. The lowest BCUT2D eigenvalue weighted by molar-refractivity contribution is -0.160. The second-order valence-corrected chi connectivity index (χ2v) is 4.89. The van der Waals surface area contributed by atoms with Crippen LogP contribution in [0.5, 0.6) is 0 Å². The first-order chi connectivity index (χ1) is 7.29. The molecule has 0 aromatic heterocycles. The van der Waals surface area contributed by atoms with Crippen LogP contribution in [0.15, 0.2) is 0 Å². The van der Waals surface area contributed by atoms with Gasteiger partial charge in [-0.2, -0.15) is 0 Å². The Balaban J connectivity index is 1.60. The number of hydrogen-bond donors (Lipinski definition) is 0. The third kappa shape index (κ3) is 2.71. The molecule has 3 nitrogen and oxygen atoms in total. The van der Waals surface area contributed by atoms with E-state index in [2.05, 4.69) is 4.74 Å². The average Bonchev–Trinajstić information content (AvgIpc) is 2.79. The van der Waals surface area contributed by atoms with Gasteiger partial charge in [0.2, 0.25) is 0 Å². The molecule has 0 spiro atoms. The fourth-order valence-electron chi connectivity index (χ4n) is 3.23. The first kappa shape index (κ1) is 10.9. The highest BCUT2D eigenvalue weighted by molar-refractivity contribution is 5.37. The van der Waals surface area contributed by atoms with Crippen molar-refractivity contribution in [2.75, 3.05) is 6.61 Å². The van der Waals surface area contributed by atoms with Gasteiger partial charge in [0.05, 0.1) is 6.61 Å². The molecule has 2 bridgehead atoms. The van der Waals surface area contributed by atoms with E-state index in [1.807, 2.05) is 0 Å². The van der Waals surface area contributed by atoms with Crippen LogP contribution in [0.1, 0.15) is 39.0 Å². The van der Waals surface area contributed by atoms with Crippen LogP contribution in [0.4, 0.5) is 0 Å². The van der Waals surface area contributed by atoms with Crippen molar-refractivity contribution < 1.29 is 14.3 Å². The summed E-state index contributed by atoms with van der Waals surface area (Å²) in [7, 11) is 0. The maximum absolute atomic E-state index is 10.0. The highest BCUT2D eigenvalue weighted by Crippen LogP contribution is 2.49. The van der Waals surface area contributed by atoms with Crippen LogP contribution in [0.2, 0.25) is 0 Å². The third-order valence-corrected chi connectivity index (χ3v) is 3.97. The standard InChI is InChI=1S/C12H20O3/c1-9(15-8-13)14-5-4-12-7-10-2-3-11(12)6-10/h8-12H,2-7H2,1H3. The van der Waals surface area contributed by atoms with Crippen LogP contribution in [-0.2, 0) is 14.3 Å². The lowest BCUT2D eigenvalue weighted by atomic mass is 9.87. The number of rotatable bonds is 6. The summed E-state index contributed by atoms with van der Waals surface area (Å²) in [5.74, 6) is 2.83. The van der Waals surface area contributed by atoms with Crippen molar-refractivity contribution >= 4 is 6.47 Å². The Kier molecular flexibility index (Phi) is 3.62. The second kappa shape index (κ2) is 4.97. The summed E-state index contributed by atoms with van der Waals surface area (Å²) in [6.45, 7) is 2.93. The van der Waals surface area contributed by atoms with E-state index in [0.717, 1.165) is 30.8 Å². The predicted octanol–water partition coefficient (Wildman–Crippen LogP) is 2.35. The van der Waals surface area contributed by atoms with Crippen LogP contribution in [0.25, 0.3) is 0 Å². The topological polar surface area (TPSA) is 35.5 Å². The molecular weight excluding hydrogens is 192 g/mol. The van der Waals surface area contributed by atoms with Gasteiger partial charge in [0.1, 0.15) is 0 Å². The lowest BCUT2D eigenvalue weighted by Crippen LogP contribution is -2.17. The molecule has 0 aliphatic heterocycles. The van der Waals surface area contributed by atoms with Gasteiger partial charge in [0.25, 0.3) is 6.47 Å². The first-order valence-electron chi connectivity index (χ1n) is 6.00. The monoisotopic (exact) mass is 212 g/mol. The molecule has 2 saturated carbocycles. The second-order valence-electron chi connectivity index (χ2n) is 4.89. The van der Waals surface area contributed by atoms with E-state index in [4.69, 9.17) is 4.74 Å². The van der Waals surface area contributed by atoms with E-state index < -0.39 is 0 Å². The van der Waals surface area contributed by atoms with Crippen molar-refractivity contribution in [3.8, 4) is 0 Å². The van der Waals surface area contributed by atoms with E-state index in [9.17, 15) is 4.79 Å². The van der Waals surface area contributed by atoms with Crippen molar-refractivity contribution in [3.05, 3.63) is 0 Å². The van der Waals surface area contributed by atoms with Crippen LogP contribution >= 0.6 is 0 Å². The Bertz CT molecular complexity index is 217. The third-order valence-electron chi connectivity index (χ3n) is 3.97. The molecule has 2 fully saturated rings. The molecule has 4 atom stereocenters. The van der Waals surface area contributed by atoms with E-state index in [1.165, 1.54) is 25.7 Å². The van der Waals surface area contributed by atoms with E-state index in [-0.39, 0.29) is 6.29 Å². The van der Waals surface area contributed by atoms with Gasteiger partial charge in [-0.25, -0.2) is 0 Å². The SMILES string of the molecule is CC(OC=O)OCCC1CC2CCC1C2. The minimum atomic E-state index is -0.388. The molecule has 2 rings (SSSR count). The van der Waals surface area contributed by atoms with Crippen LogP contribution < -0.4 is 0 Å². The van der Waals surface area contributed by atoms with Crippen molar-refractivity contribution in [2.24, 2.45) is 17.8 Å². The fraction of sp³-hybridized carbons (Fsp3) is 0.917. The molecule has 0 aromatic rings. The molecule has 0 radical (unpaired) electrons. The van der Waals surface area contributed by atoms with Gasteiger partial charge in [0, 0.05) is 0 Å². The highest BCUT2D eigenvalue weighted by Gasteiger charge is 2.38. The number of fused-ring (bicyclic) bond motifs is 2. The number of ether oxygens (including phenoxy) is 2. The molecule has 0 amide bonds. The summed E-state index contributed by atoms with van der Waals surface area (Å²) in [6.07, 6.45) is 6.47. The summed E-state index contributed by atoms with van der Waals surface area (Å²) in [5, 5.41) is 0. The van der Waals surface area contributed by atoms with Gasteiger partial charge in [-0.15, -0.1) is 0 Å². The van der Waals surface area contributed by atoms with E-state index in [0.29, 0.717) is 6.47 Å². The molecule has 2 aliphatic carbocycles. The lowest BCUT2D eigenvalue weighted by Gasteiger charge is -2.22. The Hall–Kier alpha value is -0.570. The Morgan fingerprint density at radius 1 is 1.40 bits per heavy atom. The fourth-order valence-corrected chi connectivity index (χ4v) is 3.23. The maximum Gasteiger partial charge on any atom is 0.295 e. The molecule has 0 N–H and O–H groups in total. The van der Waals surface area contributed by atoms with Crippen molar-refractivity contribution in [1.29, 1.82) is 0 Å². The minimum Gasteiger partial charge on any atom is -0.438 e. The van der Waals surface area contributed by atoms with Gasteiger partial charge >= 0.3 is 0 Å². The highest BCUT2D eigenvalue weighted by atomic mass is 16.7. The number of carbonyl (C=O) groups excluding carboxylic acids is 1. The average molecular weight is 212 g/mol. The number of carbonyl (C=O) groups is 1. The van der Waals surface area contributed by atoms with E-state index in [1.54, 1.807) is 6.92 Å². The smallest absolute Gasteiger partial charge is 0.295 e.